The maximum Gasteiger partial charge on any atom is 0.311 e. The van der Waals surface area contributed by atoms with Gasteiger partial charge >= 0.3 is 11.6 Å². The van der Waals surface area contributed by atoms with E-state index in [4.69, 9.17) is 13.9 Å². The van der Waals surface area contributed by atoms with Crippen LogP contribution in [0.3, 0.4) is 0 Å². The Morgan fingerprint density at radius 2 is 1.74 bits per heavy atom. The van der Waals surface area contributed by atoms with Gasteiger partial charge in [0.25, 0.3) is 0 Å². The second-order valence-corrected chi connectivity index (χ2v) is 9.90. The third-order valence-electron chi connectivity index (χ3n) is 5.61. The van der Waals surface area contributed by atoms with Crippen molar-refractivity contribution < 1.29 is 23.6 Å². The van der Waals surface area contributed by atoms with Crippen LogP contribution in [-0.4, -0.2) is 27.2 Å². The Hall–Kier alpha value is -4.86. The van der Waals surface area contributed by atoms with Gasteiger partial charge < -0.3 is 18.5 Å². The average Bonchev–Trinajstić information content (AvgIpc) is 3.49. The molecule has 10 nitrogen and oxygen atoms in total. The lowest BCUT2D eigenvalue weighted by molar-refractivity contribution is -0.386. The summed E-state index contributed by atoms with van der Waals surface area (Å²) in [7, 11) is 0. The van der Waals surface area contributed by atoms with Crippen LogP contribution in [0.25, 0.3) is 5.69 Å². The van der Waals surface area contributed by atoms with Crippen molar-refractivity contribution in [1.29, 1.82) is 0 Å². The number of hydrogen-bond acceptors (Lipinski definition) is 7. The number of furan rings is 1. The summed E-state index contributed by atoms with van der Waals surface area (Å²) in [5, 5.41) is 15.3. The smallest absolute Gasteiger partial charge is 0.311 e. The zero-order valence-electron chi connectivity index (χ0n) is 22.4. The second-order valence-electron chi connectivity index (χ2n) is 9.90. The highest BCUT2D eigenvalue weighted by atomic mass is 16.6. The van der Waals surface area contributed by atoms with Crippen LogP contribution in [0.1, 0.15) is 54.0 Å². The molecular formula is C29H30N4O6. The molecule has 0 bridgehead atoms. The third-order valence-corrected chi connectivity index (χ3v) is 5.61. The van der Waals surface area contributed by atoms with Crippen molar-refractivity contribution in [1.82, 2.24) is 9.99 Å². The van der Waals surface area contributed by atoms with Gasteiger partial charge in [0.2, 0.25) is 0 Å². The van der Waals surface area contributed by atoms with Gasteiger partial charge in [0.1, 0.15) is 23.7 Å². The second kappa shape index (κ2) is 11.3. The zero-order chi connectivity index (χ0) is 28.2. The summed E-state index contributed by atoms with van der Waals surface area (Å²) in [6.45, 7) is 9.66. The molecule has 4 rings (SSSR count). The molecule has 39 heavy (non-hydrogen) atoms. The van der Waals surface area contributed by atoms with Crippen LogP contribution in [0.15, 0.2) is 76.2 Å². The fourth-order valence-corrected chi connectivity index (χ4v) is 3.89. The molecule has 2 aromatic carbocycles. The number of ether oxygens (including phenoxy) is 2. The Kier molecular flexibility index (Phi) is 7.85. The van der Waals surface area contributed by atoms with Gasteiger partial charge in [-0.3, -0.25) is 14.9 Å². The Morgan fingerprint density at radius 3 is 2.38 bits per heavy atom. The molecule has 1 N–H and O–H groups in total. The lowest BCUT2D eigenvalue weighted by Crippen LogP contribution is -2.23. The summed E-state index contributed by atoms with van der Waals surface area (Å²) < 4.78 is 19.2. The van der Waals surface area contributed by atoms with Crippen molar-refractivity contribution in [2.45, 2.75) is 46.8 Å². The lowest BCUT2D eigenvalue weighted by atomic mass is 10.1. The minimum Gasteiger partial charge on any atom is -0.486 e. The number of hydrazone groups is 1. The normalized spacial score (nSPS) is 11.5. The van der Waals surface area contributed by atoms with E-state index in [9.17, 15) is 14.9 Å². The van der Waals surface area contributed by atoms with Crippen molar-refractivity contribution in [3.8, 4) is 17.2 Å². The molecule has 0 fully saturated rings. The van der Waals surface area contributed by atoms with Crippen LogP contribution >= 0.6 is 0 Å². The Bertz CT molecular complexity index is 1490. The molecule has 4 aromatic rings. The van der Waals surface area contributed by atoms with Gasteiger partial charge in [0, 0.05) is 28.7 Å². The highest BCUT2D eigenvalue weighted by Crippen LogP contribution is 2.30. The topological polar surface area (TPSA) is 121 Å². The van der Waals surface area contributed by atoms with Gasteiger partial charge in [0.15, 0.2) is 11.5 Å². The van der Waals surface area contributed by atoms with E-state index in [2.05, 4.69) is 41.1 Å². The summed E-state index contributed by atoms with van der Waals surface area (Å²) in [5.41, 5.74) is 5.34. The first-order valence-electron chi connectivity index (χ1n) is 12.3. The molecule has 0 atom stereocenters. The van der Waals surface area contributed by atoms with Crippen molar-refractivity contribution in [2.75, 3.05) is 0 Å². The van der Waals surface area contributed by atoms with Gasteiger partial charge in [0.05, 0.1) is 11.1 Å². The number of aryl methyl sites for hydroxylation is 2. The van der Waals surface area contributed by atoms with Crippen LogP contribution in [0.4, 0.5) is 5.69 Å². The number of carbonyl (C=O) groups is 1. The van der Waals surface area contributed by atoms with E-state index >= 15 is 0 Å². The first kappa shape index (κ1) is 27.2. The molecule has 1 amide bonds. The van der Waals surface area contributed by atoms with Crippen molar-refractivity contribution in [2.24, 2.45) is 5.10 Å². The largest absolute Gasteiger partial charge is 0.486 e. The number of nitro groups is 1. The number of nitro benzene ring substituents is 1. The van der Waals surface area contributed by atoms with Crippen LogP contribution in [0.5, 0.6) is 11.5 Å². The van der Waals surface area contributed by atoms with E-state index in [1.165, 1.54) is 24.4 Å². The average molecular weight is 531 g/mol. The van der Waals surface area contributed by atoms with Gasteiger partial charge in [-0.2, -0.15) is 5.10 Å². The lowest BCUT2D eigenvalue weighted by Gasteiger charge is -2.20. The molecule has 0 spiro atoms. The summed E-state index contributed by atoms with van der Waals surface area (Å²) >= 11 is 0. The summed E-state index contributed by atoms with van der Waals surface area (Å²) in [5.74, 6) is 0.777. The van der Waals surface area contributed by atoms with Gasteiger partial charge in [-0.05, 0) is 95.3 Å². The molecule has 0 aliphatic carbocycles. The maximum absolute atomic E-state index is 12.4. The van der Waals surface area contributed by atoms with E-state index in [-0.39, 0.29) is 23.8 Å². The number of nitrogens with zero attached hydrogens (tertiary/aromatic N) is 3. The minimum absolute atomic E-state index is 0.0551. The van der Waals surface area contributed by atoms with Crippen LogP contribution in [0, 0.1) is 24.0 Å². The quantitative estimate of drug-likeness (QED) is 0.158. The predicted molar refractivity (Wildman–Crippen MR) is 147 cm³/mol. The van der Waals surface area contributed by atoms with Crippen LogP contribution in [0.2, 0.25) is 0 Å². The highest BCUT2D eigenvalue weighted by Gasteiger charge is 2.21. The predicted octanol–water partition coefficient (Wildman–Crippen LogP) is 6.12. The fraction of sp³-hybridized carbons (Fsp3) is 0.241. The molecule has 0 saturated carbocycles. The molecule has 0 aliphatic rings. The van der Waals surface area contributed by atoms with E-state index < -0.39 is 16.4 Å². The van der Waals surface area contributed by atoms with Gasteiger partial charge in [-0.15, -0.1) is 0 Å². The first-order valence-corrected chi connectivity index (χ1v) is 12.3. The number of rotatable bonds is 9. The molecule has 0 radical (unpaired) electrons. The zero-order valence-corrected chi connectivity index (χ0v) is 22.4. The van der Waals surface area contributed by atoms with E-state index in [0.717, 1.165) is 17.1 Å². The molecule has 2 heterocycles. The van der Waals surface area contributed by atoms with Gasteiger partial charge in [-0.25, -0.2) is 5.43 Å². The Morgan fingerprint density at radius 1 is 1.05 bits per heavy atom. The summed E-state index contributed by atoms with van der Waals surface area (Å²) in [6, 6.07) is 19.5. The summed E-state index contributed by atoms with van der Waals surface area (Å²) in [6.07, 6.45) is 1.30. The summed E-state index contributed by atoms with van der Waals surface area (Å²) in [4.78, 5) is 23.3. The molecule has 202 valence electrons. The maximum atomic E-state index is 12.4. The monoisotopic (exact) mass is 530 g/mol. The number of amides is 1. The van der Waals surface area contributed by atoms with E-state index in [1.807, 2.05) is 24.3 Å². The van der Waals surface area contributed by atoms with Crippen LogP contribution in [-0.2, 0) is 6.61 Å². The molecule has 10 heteroatoms. The van der Waals surface area contributed by atoms with Crippen molar-refractivity contribution in [3.63, 3.8) is 0 Å². The molecule has 0 saturated heterocycles. The Labute approximate surface area is 226 Å². The van der Waals surface area contributed by atoms with Gasteiger partial charge in [-0.1, -0.05) is 0 Å². The van der Waals surface area contributed by atoms with Crippen molar-refractivity contribution >= 4 is 17.8 Å². The SMILES string of the molecule is Cc1ccc(C)n1-c1ccc(OCc2ccc(C(=O)N/N=C/c3ccc(OC(C)(C)C)c([N+](=O)[O-])c3)o2)cc1. The number of benzene rings is 2. The Balaban J connectivity index is 1.32. The number of nitrogens with one attached hydrogen (secondary N) is 1. The fourth-order valence-electron chi connectivity index (χ4n) is 3.89. The van der Waals surface area contributed by atoms with E-state index in [1.54, 1.807) is 32.9 Å². The number of aromatic nitrogens is 1. The molecule has 0 aliphatic heterocycles. The van der Waals surface area contributed by atoms with Crippen LogP contribution < -0.4 is 14.9 Å². The van der Waals surface area contributed by atoms with E-state index in [0.29, 0.717) is 17.1 Å². The molecule has 2 aromatic heterocycles. The standard InChI is InChI=1S/C29H30N4O6/c1-19-6-7-20(2)32(19)22-9-11-23(12-10-22)37-18-24-13-15-27(38-24)28(34)31-30-17-21-8-14-26(39-29(3,4)5)25(16-21)33(35)36/h6-17H,18H2,1-5H3,(H,31,34)/b30-17+. The third kappa shape index (κ3) is 6.92. The first-order chi connectivity index (χ1) is 18.5. The molecular weight excluding hydrogens is 500 g/mol. The minimum atomic E-state index is -0.590. The number of carbonyl (C=O) groups excluding carboxylic acids is 1. The highest BCUT2D eigenvalue weighted by molar-refractivity contribution is 5.92. The molecule has 0 unspecified atom stereocenters. The van der Waals surface area contributed by atoms with Crippen molar-refractivity contribution in [3.05, 3.63) is 105 Å². The number of hydrogen-bond donors (Lipinski definition) is 1.